The smallest absolute Gasteiger partial charge is 0.227 e. The van der Waals surface area contributed by atoms with Gasteiger partial charge in [0.1, 0.15) is 0 Å². The zero-order chi connectivity index (χ0) is 15.6. The number of benzene rings is 1. The number of nitrogens with zero attached hydrogens (tertiary/aromatic N) is 3. The number of carbonyl (C=O) groups is 1. The fourth-order valence-corrected chi connectivity index (χ4v) is 3.52. The van der Waals surface area contributed by atoms with E-state index < -0.39 is 0 Å². The van der Waals surface area contributed by atoms with Gasteiger partial charge in [-0.2, -0.15) is 5.10 Å². The van der Waals surface area contributed by atoms with Crippen LogP contribution < -0.4 is 0 Å². The molecule has 23 heavy (non-hydrogen) atoms. The minimum absolute atomic E-state index is 0.212. The van der Waals surface area contributed by atoms with Gasteiger partial charge in [0.25, 0.3) is 0 Å². The van der Waals surface area contributed by atoms with Crippen molar-refractivity contribution in [2.24, 2.45) is 0 Å². The van der Waals surface area contributed by atoms with Gasteiger partial charge < -0.3 is 9.88 Å². The van der Waals surface area contributed by atoms with Crippen molar-refractivity contribution in [1.82, 2.24) is 19.7 Å². The van der Waals surface area contributed by atoms with Crippen molar-refractivity contribution in [3.05, 3.63) is 54.5 Å². The summed E-state index contributed by atoms with van der Waals surface area (Å²) in [5.74, 6) is 0.212. The molecule has 0 bridgehead atoms. The molecule has 1 aliphatic heterocycles. The van der Waals surface area contributed by atoms with E-state index >= 15 is 0 Å². The molecule has 1 aromatic carbocycles. The fraction of sp³-hybridized carbons (Fsp3) is 0.333. The number of hydrogen-bond acceptors (Lipinski definition) is 2. The van der Waals surface area contributed by atoms with Crippen LogP contribution in [0.15, 0.2) is 48.9 Å². The molecule has 1 amide bonds. The first-order valence-electron chi connectivity index (χ1n) is 8.13. The van der Waals surface area contributed by atoms with Crippen LogP contribution in [-0.4, -0.2) is 38.2 Å². The molecule has 1 N–H and O–H groups in total. The molecular weight excluding hydrogens is 288 g/mol. The van der Waals surface area contributed by atoms with Crippen LogP contribution in [0.5, 0.6) is 0 Å². The van der Waals surface area contributed by atoms with Crippen LogP contribution in [0.3, 0.4) is 0 Å². The van der Waals surface area contributed by atoms with E-state index in [1.54, 1.807) is 6.20 Å². The lowest BCUT2D eigenvalue weighted by atomic mass is 10.1. The highest BCUT2D eigenvalue weighted by atomic mass is 16.2. The molecule has 118 valence electrons. The summed E-state index contributed by atoms with van der Waals surface area (Å²) in [5, 5.41) is 5.41. The Bertz CT molecular complexity index is 805. The first-order chi connectivity index (χ1) is 11.3. The molecule has 0 unspecified atom stereocenters. The molecular formula is C18H20N4O. The summed E-state index contributed by atoms with van der Waals surface area (Å²) in [6.45, 7) is 1.64. The molecule has 0 radical (unpaired) electrons. The highest BCUT2D eigenvalue weighted by molar-refractivity contribution is 5.89. The van der Waals surface area contributed by atoms with Gasteiger partial charge in [-0.3, -0.25) is 9.48 Å². The largest absolute Gasteiger partial charge is 0.361 e. The molecule has 1 fully saturated rings. The Morgan fingerprint density at radius 1 is 1.30 bits per heavy atom. The van der Waals surface area contributed by atoms with Crippen LogP contribution in [0.25, 0.3) is 10.9 Å². The Morgan fingerprint density at radius 3 is 3.09 bits per heavy atom. The lowest BCUT2D eigenvalue weighted by Crippen LogP contribution is -2.39. The molecule has 3 aromatic rings. The lowest BCUT2D eigenvalue weighted by Gasteiger charge is -2.24. The lowest BCUT2D eigenvalue weighted by molar-refractivity contribution is -0.131. The van der Waals surface area contributed by atoms with E-state index in [9.17, 15) is 4.79 Å². The van der Waals surface area contributed by atoms with Crippen LogP contribution in [0.1, 0.15) is 18.4 Å². The molecule has 5 nitrogen and oxygen atoms in total. The molecule has 0 saturated carbocycles. The maximum Gasteiger partial charge on any atom is 0.227 e. The van der Waals surface area contributed by atoms with Crippen molar-refractivity contribution in [3.8, 4) is 0 Å². The third kappa shape index (κ3) is 2.74. The maximum absolute atomic E-state index is 12.8. The number of amides is 1. The van der Waals surface area contributed by atoms with Crippen molar-refractivity contribution < 1.29 is 4.79 Å². The Morgan fingerprint density at radius 2 is 2.22 bits per heavy atom. The van der Waals surface area contributed by atoms with Crippen LogP contribution in [0, 0.1) is 0 Å². The zero-order valence-corrected chi connectivity index (χ0v) is 13.0. The number of para-hydroxylation sites is 1. The molecule has 1 saturated heterocycles. The van der Waals surface area contributed by atoms with Gasteiger partial charge in [-0.05, 0) is 30.5 Å². The normalized spacial score (nSPS) is 17.9. The number of aromatic amines is 1. The highest BCUT2D eigenvalue weighted by Crippen LogP contribution is 2.23. The van der Waals surface area contributed by atoms with E-state index in [1.807, 2.05) is 46.2 Å². The van der Waals surface area contributed by atoms with Crippen molar-refractivity contribution in [3.63, 3.8) is 0 Å². The average Bonchev–Trinajstić information content (AvgIpc) is 3.29. The van der Waals surface area contributed by atoms with Gasteiger partial charge in [-0.25, -0.2) is 0 Å². The summed E-state index contributed by atoms with van der Waals surface area (Å²) in [5.41, 5.74) is 2.17. The summed E-state index contributed by atoms with van der Waals surface area (Å²) in [6.07, 6.45) is 8.29. The van der Waals surface area contributed by atoms with Gasteiger partial charge in [-0.15, -0.1) is 0 Å². The van der Waals surface area contributed by atoms with Crippen molar-refractivity contribution in [1.29, 1.82) is 0 Å². The van der Waals surface area contributed by atoms with E-state index in [-0.39, 0.29) is 11.9 Å². The first-order valence-corrected chi connectivity index (χ1v) is 8.13. The second-order valence-electron chi connectivity index (χ2n) is 6.15. The Kier molecular flexibility index (Phi) is 3.61. The van der Waals surface area contributed by atoms with E-state index in [0.717, 1.165) is 42.4 Å². The number of rotatable bonds is 4. The monoisotopic (exact) mass is 308 g/mol. The number of fused-ring (bicyclic) bond motifs is 1. The summed E-state index contributed by atoms with van der Waals surface area (Å²) in [6, 6.07) is 10.3. The molecule has 3 heterocycles. The average molecular weight is 308 g/mol. The van der Waals surface area contributed by atoms with Gasteiger partial charge >= 0.3 is 0 Å². The molecule has 5 heteroatoms. The third-order valence-corrected chi connectivity index (χ3v) is 4.67. The maximum atomic E-state index is 12.8. The second kappa shape index (κ2) is 5.91. The minimum Gasteiger partial charge on any atom is -0.361 e. The SMILES string of the molecule is O=C(Cc1c[nH]c2ccccc12)N1CCC[C@@H]1Cn1cccn1. The van der Waals surface area contributed by atoms with E-state index in [4.69, 9.17) is 0 Å². The Labute approximate surface area is 134 Å². The number of likely N-dealkylation sites (tertiary alicyclic amines) is 1. The predicted molar refractivity (Wildman–Crippen MR) is 89.0 cm³/mol. The molecule has 2 aromatic heterocycles. The minimum atomic E-state index is 0.212. The van der Waals surface area contributed by atoms with E-state index in [2.05, 4.69) is 16.1 Å². The summed E-state index contributed by atoms with van der Waals surface area (Å²) in [4.78, 5) is 18.1. The van der Waals surface area contributed by atoms with Crippen molar-refractivity contribution in [2.45, 2.75) is 31.8 Å². The molecule has 1 atom stereocenters. The molecule has 4 rings (SSSR count). The number of H-pyrrole nitrogens is 1. The van der Waals surface area contributed by atoms with Crippen molar-refractivity contribution >= 4 is 16.8 Å². The van der Waals surface area contributed by atoms with Gasteiger partial charge in [0, 0.05) is 36.0 Å². The summed E-state index contributed by atoms with van der Waals surface area (Å²) >= 11 is 0. The van der Waals surface area contributed by atoms with Crippen LogP contribution in [-0.2, 0) is 17.8 Å². The standard InChI is InChI=1S/C18H20N4O/c23-18(11-14-12-19-17-7-2-1-6-16(14)17)22-10-3-5-15(22)13-21-9-4-8-20-21/h1-2,4,6-9,12,15,19H,3,5,10-11,13H2/t15-/m1/s1. The molecule has 0 spiro atoms. The molecule has 1 aliphatic rings. The highest BCUT2D eigenvalue weighted by Gasteiger charge is 2.29. The quantitative estimate of drug-likeness (QED) is 0.805. The zero-order valence-electron chi connectivity index (χ0n) is 13.0. The van der Waals surface area contributed by atoms with E-state index in [0.29, 0.717) is 6.42 Å². The third-order valence-electron chi connectivity index (χ3n) is 4.67. The van der Waals surface area contributed by atoms with Gasteiger partial charge in [0.05, 0.1) is 19.0 Å². The van der Waals surface area contributed by atoms with Crippen molar-refractivity contribution in [2.75, 3.05) is 6.54 Å². The number of aromatic nitrogens is 3. The fourth-order valence-electron chi connectivity index (χ4n) is 3.52. The first kappa shape index (κ1) is 14.1. The summed E-state index contributed by atoms with van der Waals surface area (Å²) in [7, 11) is 0. The van der Waals surface area contributed by atoms with Gasteiger partial charge in [0.15, 0.2) is 0 Å². The van der Waals surface area contributed by atoms with Gasteiger partial charge in [-0.1, -0.05) is 18.2 Å². The summed E-state index contributed by atoms with van der Waals surface area (Å²) < 4.78 is 1.92. The Balaban J connectivity index is 1.49. The predicted octanol–water partition coefficient (Wildman–Crippen LogP) is 2.60. The van der Waals surface area contributed by atoms with E-state index in [1.165, 1.54) is 0 Å². The molecule has 0 aliphatic carbocycles. The number of nitrogens with one attached hydrogen (secondary N) is 1. The van der Waals surface area contributed by atoms with Crippen LogP contribution in [0.2, 0.25) is 0 Å². The number of carbonyl (C=O) groups excluding carboxylic acids is 1. The second-order valence-corrected chi connectivity index (χ2v) is 6.15. The Hall–Kier alpha value is -2.56. The topological polar surface area (TPSA) is 53.9 Å². The van der Waals surface area contributed by atoms with Gasteiger partial charge in [0.2, 0.25) is 5.91 Å². The van der Waals surface area contributed by atoms with Crippen LogP contribution in [0.4, 0.5) is 0 Å². The number of hydrogen-bond donors (Lipinski definition) is 1. The van der Waals surface area contributed by atoms with Crippen LogP contribution >= 0.6 is 0 Å².